The highest BCUT2D eigenvalue weighted by molar-refractivity contribution is 6.29. The zero-order valence-electron chi connectivity index (χ0n) is 15.0. The predicted molar refractivity (Wildman–Crippen MR) is 102 cm³/mol. The first-order chi connectivity index (χ1) is 12.3. The van der Waals surface area contributed by atoms with Gasteiger partial charge < -0.3 is 4.74 Å². The lowest BCUT2D eigenvalue weighted by molar-refractivity contribution is 0.0523. The van der Waals surface area contributed by atoms with Crippen LogP contribution >= 0.6 is 11.6 Å². The van der Waals surface area contributed by atoms with Gasteiger partial charge in [0.2, 0.25) is 0 Å². The summed E-state index contributed by atoms with van der Waals surface area (Å²) >= 11 is 6.21. The van der Waals surface area contributed by atoms with Crippen LogP contribution in [0.3, 0.4) is 0 Å². The van der Waals surface area contributed by atoms with Gasteiger partial charge in [-0.2, -0.15) is 9.78 Å². The molecule has 3 aromatic rings. The van der Waals surface area contributed by atoms with Gasteiger partial charge in [-0.05, 0) is 69.4 Å². The Morgan fingerprint density at radius 1 is 1.23 bits per heavy atom. The normalized spacial score (nSPS) is 14.6. The summed E-state index contributed by atoms with van der Waals surface area (Å²) in [6, 6.07) is 9.81. The van der Waals surface area contributed by atoms with Crippen molar-refractivity contribution in [2.75, 3.05) is 0 Å². The molecule has 0 aliphatic heterocycles. The standard InChI is InChI=1S/C20H20ClN3O2/c1-20(2,3)26-19(25)24-17-7-6-13(8-15(17)11-22-24)16-9-14(12-4-5-12)10-18(21)23-16/h6-12H,4-5H2,1-3H3. The molecule has 6 heteroatoms. The zero-order chi connectivity index (χ0) is 18.5. The van der Waals surface area contributed by atoms with Crippen molar-refractivity contribution in [2.45, 2.75) is 45.1 Å². The number of aromatic nitrogens is 3. The van der Waals surface area contributed by atoms with E-state index in [1.54, 1.807) is 6.20 Å². The van der Waals surface area contributed by atoms with Crippen LogP contribution in [0.5, 0.6) is 0 Å². The van der Waals surface area contributed by atoms with Crippen molar-refractivity contribution in [1.29, 1.82) is 0 Å². The molecule has 0 unspecified atom stereocenters. The summed E-state index contributed by atoms with van der Waals surface area (Å²) in [5.74, 6) is 0.605. The molecule has 0 amide bonds. The molecule has 0 spiro atoms. The maximum atomic E-state index is 12.3. The van der Waals surface area contributed by atoms with E-state index in [1.165, 1.54) is 23.1 Å². The SMILES string of the molecule is CC(C)(C)OC(=O)n1ncc2cc(-c3cc(C4CC4)cc(Cl)n3)ccc21. The molecule has 1 fully saturated rings. The van der Waals surface area contributed by atoms with Crippen LogP contribution in [0.15, 0.2) is 36.5 Å². The summed E-state index contributed by atoms with van der Waals surface area (Å²) in [5, 5.41) is 5.54. The number of hydrogen-bond donors (Lipinski definition) is 0. The van der Waals surface area contributed by atoms with E-state index < -0.39 is 11.7 Å². The van der Waals surface area contributed by atoms with E-state index in [2.05, 4.69) is 16.1 Å². The zero-order valence-corrected chi connectivity index (χ0v) is 15.7. The molecule has 26 heavy (non-hydrogen) atoms. The average Bonchev–Trinajstić information content (AvgIpc) is 3.31. The molecular formula is C20H20ClN3O2. The second-order valence-electron chi connectivity index (χ2n) is 7.69. The van der Waals surface area contributed by atoms with Gasteiger partial charge in [-0.3, -0.25) is 0 Å². The minimum atomic E-state index is -0.570. The number of halogens is 1. The first kappa shape index (κ1) is 17.0. The molecule has 1 aliphatic carbocycles. The van der Waals surface area contributed by atoms with Crippen molar-refractivity contribution >= 4 is 28.6 Å². The van der Waals surface area contributed by atoms with Crippen molar-refractivity contribution in [2.24, 2.45) is 0 Å². The number of carbonyl (C=O) groups excluding carboxylic acids is 1. The first-order valence-electron chi connectivity index (χ1n) is 8.69. The number of rotatable bonds is 2. The van der Waals surface area contributed by atoms with Gasteiger partial charge in [-0.15, -0.1) is 0 Å². The largest absolute Gasteiger partial charge is 0.442 e. The predicted octanol–water partition coefficient (Wildman–Crippen LogP) is 5.41. The number of nitrogens with zero attached hydrogens (tertiary/aromatic N) is 3. The topological polar surface area (TPSA) is 57.0 Å². The van der Waals surface area contributed by atoms with Gasteiger partial charge in [0.15, 0.2) is 0 Å². The fourth-order valence-corrected chi connectivity index (χ4v) is 3.18. The van der Waals surface area contributed by atoms with Crippen LogP contribution < -0.4 is 0 Å². The molecule has 0 N–H and O–H groups in total. The van der Waals surface area contributed by atoms with Gasteiger partial charge in [0.1, 0.15) is 10.8 Å². The van der Waals surface area contributed by atoms with Gasteiger partial charge in [0, 0.05) is 10.9 Å². The number of carbonyl (C=O) groups is 1. The van der Waals surface area contributed by atoms with E-state index >= 15 is 0 Å². The summed E-state index contributed by atoms with van der Waals surface area (Å²) in [7, 11) is 0. The maximum absolute atomic E-state index is 12.3. The summed E-state index contributed by atoms with van der Waals surface area (Å²) in [5.41, 5.74) is 3.16. The molecule has 1 saturated carbocycles. The van der Waals surface area contributed by atoms with Crippen LogP contribution in [0.1, 0.15) is 45.1 Å². The van der Waals surface area contributed by atoms with Crippen molar-refractivity contribution in [3.05, 3.63) is 47.2 Å². The van der Waals surface area contributed by atoms with Crippen LogP contribution in [0, 0.1) is 0 Å². The molecular weight excluding hydrogens is 350 g/mol. The molecule has 0 saturated heterocycles. The fraction of sp³-hybridized carbons (Fsp3) is 0.350. The summed E-state index contributed by atoms with van der Waals surface area (Å²) in [4.78, 5) is 16.8. The lowest BCUT2D eigenvalue weighted by atomic mass is 10.1. The summed E-state index contributed by atoms with van der Waals surface area (Å²) in [6.07, 6.45) is 3.59. The van der Waals surface area contributed by atoms with Crippen LogP contribution in [0.25, 0.3) is 22.2 Å². The van der Waals surface area contributed by atoms with E-state index in [1.807, 2.05) is 45.0 Å². The number of ether oxygens (including phenoxy) is 1. The van der Waals surface area contributed by atoms with Gasteiger partial charge in [0.05, 0.1) is 17.4 Å². The Hall–Kier alpha value is -2.40. The number of benzene rings is 1. The Morgan fingerprint density at radius 2 is 2.00 bits per heavy atom. The van der Waals surface area contributed by atoms with Gasteiger partial charge >= 0.3 is 6.09 Å². The quantitative estimate of drug-likeness (QED) is 0.566. The monoisotopic (exact) mass is 369 g/mol. The molecule has 2 aromatic heterocycles. The first-order valence-corrected chi connectivity index (χ1v) is 9.07. The van der Waals surface area contributed by atoms with E-state index in [9.17, 15) is 4.79 Å². The van der Waals surface area contributed by atoms with Crippen molar-refractivity contribution < 1.29 is 9.53 Å². The third-order valence-corrected chi connectivity index (χ3v) is 4.49. The average molecular weight is 370 g/mol. The highest BCUT2D eigenvalue weighted by Crippen LogP contribution is 2.41. The Kier molecular flexibility index (Phi) is 3.99. The molecule has 0 bridgehead atoms. The van der Waals surface area contributed by atoms with Crippen LogP contribution in [0.4, 0.5) is 4.79 Å². The molecule has 1 aromatic carbocycles. The Balaban J connectivity index is 1.70. The smallest absolute Gasteiger partial charge is 0.435 e. The van der Waals surface area contributed by atoms with Crippen molar-refractivity contribution in [3.8, 4) is 11.3 Å². The van der Waals surface area contributed by atoms with Gasteiger partial charge in [-0.1, -0.05) is 17.7 Å². The maximum Gasteiger partial charge on any atom is 0.435 e. The lowest BCUT2D eigenvalue weighted by Crippen LogP contribution is -2.27. The van der Waals surface area contributed by atoms with Gasteiger partial charge in [-0.25, -0.2) is 9.78 Å². The number of fused-ring (bicyclic) bond motifs is 1. The highest BCUT2D eigenvalue weighted by Gasteiger charge is 2.25. The Morgan fingerprint density at radius 3 is 2.69 bits per heavy atom. The second-order valence-corrected chi connectivity index (χ2v) is 8.08. The number of pyridine rings is 1. The minimum absolute atomic E-state index is 0.489. The molecule has 4 rings (SSSR count). The van der Waals surface area contributed by atoms with Crippen LogP contribution in [-0.4, -0.2) is 26.5 Å². The Labute approximate surface area is 156 Å². The fourth-order valence-electron chi connectivity index (χ4n) is 2.96. The lowest BCUT2D eigenvalue weighted by Gasteiger charge is -2.19. The van der Waals surface area contributed by atoms with Crippen molar-refractivity contribution in [3.63, 3.8) is 0 Å². The van der Waals surface area contributed by atoms with E-state index in [4.69, 9.17) is 16.3 Å². The molecule has 5 nitrogen and oxygen atoms in total. The van der Waals surface area contributed by atoms with E-state index in [0.717, 1.165) is 16.6 Å². The molecule has 0 atom stereocenters. The minimum Gasteiger partial charge on any atom is -0.442 e. The summed E-state index contributed by atoms with van der Waals surface area (Å²) < 4.78 is 6.68. The van der Waals surface area contributed by atoms with Crippen LogP contribution in [-0.2, 0) is 4.74 Å². The molecule has 1 aliphatic rings. The third kappa shape index (κ3) is 3.44. The van der Waals surface area contributed by atoms with Crippen molar-refractivity contribution in [1.82, 2.24) is 14.8 Å². The van der Waals surface area contributed by atoms with Crippen LogP contribution in [0.2, 0.25) is 5.15 Å². The third-order valence-electron chi connectivity index (χ3n) is 4.30. The van der Waals surface area contributed by atoms with E-state index in [0.29, 0.717) is 16.6 Å². The summed E-state index contributed by atoms with van der Waals surface area (Å²) in [6.45, 7) is 5.49. The second kappa shape index (κ2) is 6.09. The molecule has 0 radical (unpaired) electrons. The van der Waals surface area contributed by atoms with Gasteiger partial charge in [0.25, 0.3) is 0 Å². The van der Waals surface area contributed by atoms with E-state index in [-0.39, 0.29) is 0 Å². The highest BCUT2D eigenvalue weighted by atomic mass is 35.5. The number of hydrogen-bond acceptors (Lipinski definition) is 4. The Bertz CT molecular complexity index is 1000. The molecule has 134 valence electrons. The molecule has 2 heterocycles.